The number of hydrogen-bond acceptors (Lipinski definition) is 3. The molecule has 1 heterocycles. The maximum atomic E-state index is 13.2. The van der Waals surface area contributed by atoms with E-state index in [0.29, 0.717) is 9.58 Å². The number of thiophene rings is 1. The van der Waals surface area contributed by atoms with E-state index in [1.807, 2.05) is 13.0 Å². The molecule has 0 N–H and O–H groups in total. The summed E-state index contributed by atoms with van der Waals surface area (Å²) in [6.45, 7) is 1.88. The van der Waals surface area contributed by atoms with E-state index in [2.05, 4.69) is 0 Å². The van der Waals surface area contributed by atoms with Gasteiger partial charge in [0.1, 0.15) is 0 Å². The molecule has 0 radical (unpaired) electrons. The fraction of sp³-hybridized carbons (Fsp3) is 0.429. The number of alkyl halides is 6. The highest BCUT2D eigenvalue weighted by molar-refractivity contribution is 7.86. The summed E-state index contributed by atoms with van der Waals surface area (Å²) < 4.78 is 98.9. The highest BCUT2D eigenvalue weighted by Crippen LogP contribution is 2.57. The van der Waals surface area contributed by atoms with E-state index in [9.17, 15) is 26.3 Å². The summed E-state index contributed by atoms with van der Waals surface area (Å²) in [6.07, 6.45) is 1.83. The summed E-state index contributed by atoms with van der Waals surface area (Å²) in [5, 5.41) is 0.801. The van der Waals surface area contributed by atoms with Crippen LogP contribution in [0.4, 0.5) is 26.3 Å². The first-order valence-electron chi connectivity index (χ1n) is 6.88. The third kappa shape index (κ3) is 4.45. The van der Waals surface area contributed by atoms with Crippen molar-refractivity contribution in [3.05, 3.63) is 34.7 Å². The predicted molar refractivity (Wildman–Crippen MR) is 80.2 cm³/mol. The second-order valence-corrected chi connectivity index (χ2v) is 8.82. The van der Waals surface area contributed by atoms with Crippen LogP contribution in [0.25, 0.3) is 10.1 Å². The lowest BCUT2D eigenvalue weighted by atomic mass is 10.1. The SMILES string of the molecule is Cc1cccc2c1cc(C1CC1)[s+]2C(F)(F)F.O=S(=O)([O-])C(F)(F)F. The van der Waals surface area contributed by atoms with E-state index in [1.165, 1.54) is 0 Å². The molecule has 1 atom stereocenters. The molecular formula is C14H12F6O3S2. The van der Waals surface area contributed by atoms with Crippen LogP contribution in [0.1, 0.15) is 29.2 Å². The third-order valence-corrected chi connectivity index (χ3v) is 6.27. The van der Waals surface area contributed by atoms with Crippen molar-refractivity contribution in [2.24, 2.45) is 0 Å². The molecule has 1 aromatic carbocycles. The Balaban J connectivity index is 0.000000242. The topological polar surface area (TPSA) is 57.2 Å². The molecule has 0 saturated heterocycles. The molecular weight excluding hydrogens is 394 g/mol. The Morgan fingerprint density at radius 1 is 1.12 bits per heavy atom. The van der Waals surface area contributed by atoms with Gasteiger partial charge in [0, 0.05) is 17.4 Å². The van der Waals surface area contributed by atoms with Gasteiger partial charge in [-0.15, -0.1) is 13.2 Å². The first-order chi connectivity index (χ1) is 11.2. The lowest BCUT2D eigenvalue weighted by molar-refractivity contribution is -0.0867. The number of benzene rings is 1. The van der Waals surface area contributed by atoms with Crippen molar-refractivity contribution in [2.45, 2.75) is 36.7 Å². The predicted octanol–water partition coefficient (Wildman–Crippen LogP) is 5.30. The third-order valence-electron chi connectivity index (χ3n) is 3.52. The second kappa shape index (κ2) is 6.44. The smallest absolute Gasteiger partial charge is 0.600 e. The fourth-order valence-corrected chi connectivity index (χ4v) is 4.49. The largest absolute Gasteiger partial charge is 0.741 e. The van der Waals surface area contributed by atoms with Crippen molar-refractivity contribution in [3.8, 4) is 0 Å². The molecule has 0 amide bonds. The van der Waals surface area contributed by atoms with E-state index >= 15 is 0 Å². The van der Waals surface area contributed by atoms with Crippen LogP contribution in [0.2, 0.25) is 0 Å². The quantitative estimate of drug-likeness (QED) is 0.279. The molecule has 0 bridgehead atoms. The zero-order valence-electron chi connectivity index (χ0n) is 12.6. The lowest BCUT2D eigenvalue weighted by Gasteiger charge is -2.08. The van der Waals surface area contributed by atoms with E-state index in [0.717, 1.165) is 23.8 Å². The van der Waals surface area contributed by atoms with Gasteiger partial charge in [-0.05, 0) is 31.4 Å². The van der Waals surface area contributed by atoms with E-state index < -0.39 is 31.6 Å². The molecule has 1 aromatic heterocycles. The Hall–Kier alpha value is -1.33. The molecule has 1 fully saturated rings. The van der Waals surface area contributed by atoms with Crippen LogP contribution in [0, 0.1) is 6.92 Å². The maximum Gasteiger partial charge on any atom is 0.600 e. The molecule has 1 aliphatic rings. The van der Waals surface area contributed by atoms with Gasteiger partial charge in [0.25, 0.3) is 0 Å². The molecule has 0 aliphatic heterocycles. The van der Waals surface area contributed by atoms with Crippen LogP contribution in [0.5, 0.6) is 0 Å². The van der Waals surface area contributed by atoms with Gasteiger partial charge in [-0.2, -0.15) is 13.2 Å². The van der Waals surface area contributed by atoms with Gasteiger partial charge >= 0.3 is 11.0 Å². The Morgan fingerprint density at radius 2 is 1.64 bits per heavy atom. The first-order valence-corrected chi connectivity index (χ1v) is 9.51. The van der Waals surface area contributed by atoms with E-state index in [1.54, 1.807) is 18.2 Å². The Bertz CT molecular complexity index is 876. The Kier molecular flexibility index (Phi) is 5.15. The van der Waals surface area contributed by atoms with Crippen molar-refractivity contribution in [3.63, 3.8) is 0 Å². The summed E-state index contributed by atoms with van der Waals surface area (Å²) in [7, 11) is -7.76. The van der Waals surface area contributed by atoms with Crippen molar-refractivity contribution < 1.29 is 39.3 Å². The number of aryl methyl sites for hydroxylation is 1. The maximum absolute atomic E-state index is 13.2. The van der Waals surface area contributed by atoms with Crippen LogP contribution in [0.3, 0.4) is 0 Å². The van der Waals surface area contributed by atoms with Crippen LogP contribution in [0.15, 0.2) is 24.3 Å². The van der Waals surface area contributed by atoms with Gasteiger partial charge in [-0.3, -0.25) is 0 Å². The summed E-state index contributed by atoms with van der Waals surface area (Å²) in [6, 6.07) is 7.02. The van der Waals surface area contributed by atoms with Gasteiger partial charge in [0.15, 0.2) is 19.7 Å². The summed E-state index contributed by atoms with van der Waals surface area (Å²) in [4.78, 5) is 0.613. The minimum Gasteiger partial charge on any atom is -0.741 e. The fourth-order valence-electron chi connectivity index (χ4n) is 2.26. The van der Waals surface area contributed by atoms with Gasteiger partial charge in [-0.1, -0.05) is 12.1 Å². The van der Waals surface area contributed by atoms with E-state index in [-0.39, 0.29) is 5.92 Å². The van der Waals surface area contributed by atoms with Gasteiger partial charge < -0.3 is 4.55 Å². The summed E-state index contributed by atoms with van der Waals surface area (Å²) >= 11 is 0. The first kappa shape index (κ1) is 20.0. The second-order valence-electron chi connectivity index (χ2n) is 5.46. The molecule has 11 heteroatoms. The van der Waals surface area contributed by atoms with Crippen molar-refractivity contribution >= 4 is 30.7 Å². The lowest BCUT2D eigenvalue weighted by Crippen LogP contribution is -2.21. The monoisotopic (exact) mass is 406 g/mol. The number of hydrogen-bond donors (Lipinski definition) is 0. The highest BCUT2D eigenvalue weighted by Gasteiger charge is 2.51. The molecule has 3 rings (SSSR count). The Labute approximate surface area is 142 Å². The number of fused-ring (bicyclic) bond motifs is 1. The van der Waals surface area contributed by atoms with Crippen LogP contribution < -0.4 is 0 Å². The van der Waals surface area contributed by atoms with Crippen LogP contribution in [-0.2, 0) is 15.6 Å². The average Bonchev–Trinajstić information content (AvgIpc) is 3.16. The zero-order chi connectivity index (χ0) is 19.2. The molecule has 0 spiro atoms. The highest BCUT2D eigenvalue weighted by atomic mass is 32.2. The van der Waals surface area contributed by atoms with Crippen molar-refractivity contribution in [1.82, 2.24) is 0 Å². The normalized spacial score (nSPS) is 16.6. The standard InChI is InChI=1S/C13H12F3S.CHF3O3S/c1-8-3-2-4-11-10(8)7-12(9-5-6-9)17(11)13(14,15)16;2-1(3,4)8(5,6)7/h2-4,7,9H,5-6H2,1H3;(H,5,6,7)/q+1;/p-1. The van der Waals surface area contributed by atoms with E-state index in [4.69, 9.17) is 13.0 Å². The average molecular weight is 406 g/mol. The van der Waals surface area contributed by atoms with Gasteiger partial charge in [0.05, 0.1) is 10.5 Å². The number of rotatable bonds is 1. The number of halogens is 6. The molecule has 1 aliphatic carbocycles. The summed E-state index contributed by atoms with van der Waals surface area (Å²) in [5.41, 5.74) is -8.83. The van der Waals surface area contributed by atoms with Crippen molar-refractivity contribution in [2.75, 3.05) is 0 Å². The van der Waals surface area contributed by atoms with Crippen LogP contribution >= 0.6 is 10.5 Å². The molecule has 140 valence electrons. The van der Waals surface area contributed by atoms with Gasteiger partial charge in [-0.25, -0.2) is 8.42 Å². The molecule has 1 unspecified atom stereocenters. The molecule has 2 aromatic rings. The zero-order valence-corrected chi connectivity index (χ0v) is 14.2. The molecule has 1 saturated carbocycles. The minimum atomic E-state index is -6.09. The van der Waals surface area contributed by atoms with Gasteiger partial charge in [0.2, 0.25) is 0 Å². The molecule has 3 nitrogen and oxygen atoms in total. The summed E-state index contributed by atoms with van der Waals surface area (Å²) in [5.74, 6) is 0.173. The van der Waals surface area contributed by atoms with Crippen LogP contribution in [-0.4, -0.2) is 18.5 Å². The molecule has 25 heavy (non-hydrogen) atoms. The Morgan fingerprint density at radius 3 is 2.04 bits per heavy atom. The minimum absolute atomic E-state index is 0.173. The van der Waals surface area contributed by atoms with Crippen molar-refractivity contribution in [1.29, 1.82) is 0 Å².